The summed E-state index contributed by atoms with van der Waals surface area (Å²) in [7, 11) is 0. The first-order valence-corrected chi connectivity index (χ1v) is 5.64. The van der Waals surface area contributed by atoms with E-state index >= 15 is 0 Å². The van der Waals surface area contributed by atoms with E-state index in [1.165, 1.54) is 6.20 Å². The summed E-state index contributed by atoms with van der Waals surface area (Å²) in [5, 5.41) is 2.59. The van der Waals surface area contributed by atoms with Crippen LogP contribution in [0.5, 0.6) is 0 Å². The lowest BCUT2D eigenvalue weighted by atomic mass is 10.1. The van der Waals surface area contributed by atoms with Gasteiger partial charge in [0, 0.05) is 12.4 Å². The van der Waals surface area contributed by atoms with Crippen molar-refractivity contribution in [2.24, 2.45) is 5.73 Å². The normalized spacial score (nSPS) is 11.4. The fourth-order valence-corrected chi connectivity index (χ4v) is 1.34. The van der Waals surface area contributed by atoms with Crippen molar-refractivity contribution < 1.29 is 9.59 Å². The van der Waals surface area contributed by atoms with Crippen LogP contribution in [0.4, 0.5) is 0 Å². The summed E-state index contributed by atoms with van der Waals surface area (Å²) in [4.78, 5) is 26.9. The molecule has 5 nitrogen and oxygen atoms in total. The zero-order valence-corrected chi connectivity index (χ0v) is 10.5. The average molecular weight is 247 g/mol. The lowest BCUT2D eigenvalue weighted by Gasteiger charge is -2.13. The van der Waals surface area contributed by atoms with Crippen LogP contribution in [0.3, 0.4) is 0 Å². The summed E-state index contributed by atoms with van der Waals surface area (Å²) in [6, 6.07) is 2.58. The highest BCUT2D eigenvalue weighted by Gasteiger charge is 2.17. The predicted octanol–water partition coefficient (Wildman–Crippen LogP) is 1.02. The van der Waals surface area contributed by atoms with Crippen LogP contribution in [0, 0.1) is 0 Å². The van der Waals surface area contributed by atoms with Gasteiger partial charge in [-0.05, 0) is 32.4 Å². The minimum absolute atomic E-state index is 0.353. The van der Waals surface area contributed by atoms with Gasteiger partial charge in [0.1, 0.15) is 6.04 Å². The molecule has 0 fully saturated rings. The molecule has 0 saturated heterocycles. The number of carbonyl (C=O) groups excluding carboxylic acids is 2. The average Bonchev–Trinajstić information content (AvgIpc) is 2.34. The van der Waals surface area contributed by atoms with Crippen LogP contribution in [-0.4, -0.2) is 22.8 Å². The Morgan fingerprint density at radius 3 is 2.72 bits per heavy atom. The molecule has 0 aromatic carbocycles. The highest BCUT2D eigenvalue weighted by Crippen LogP contribution is 2.01. The van der Waals surface area contributed by atoms with Gasteiger partial charge in [0.25, 0.3) is 5.91 Å². The fourth-order valence-electron chi connectivity index (χ4n) is 1.34. The van der Waals surface area contributed by atoms with E-state index < -0.39 is 11.9 Å². The Kier molecular flexibility index (Phi) is 5.05. The van der Waals surface area contributed by atoms with E-state index in [0.717, 1.165) is 5.57 Å². The predicted molar refractivity (Wildman–Crippen MR) is 68.7 cm³/mol. The number of carbonyl (C=O) groups is 2. The summed E-state index contributed by atoms with van der Waals surface area (Å²) >= 11 is 0. The minimum atomic E-state index is -0.701. The van der Waals surface area contributed by atoms with Gasteiger partial charge in [-0.1, -0.05) is 11.6 Å². The smallest absolute Gasteiger partial charge is 0.253 e. The van der Waals surface area contributed by atoms with E-state index in [0.29, 0.717) is 12.0 Å². The summed E-state index contributed by atoms with van der Waals surface area (Å²) in [6.45, 7) is 3.84. The number of aromatic nitrogens is 1. The van der Waals surface area contributed by atoms with Crippen molar-refractivity contribution in [2.45, 2.75) is 26.3 Å². The molecule has 1 aromatic heterocycles. The third-order valence-electron chi connectivity index (χ3n) is 2.33. The molecule has 0 unspecified atom stereocenters. The van der Waals surface area contributed by atoms with E-state index in [2.05, 4.69) is 10.3 Å². The van der Waals surface area contributed by atoms with Gasteiger partial charge >= 0.3 is 0 Å². The molecule has 2 amide bonds. The Bertz CT molecular complexity index is 451. The van der Waals surface area contributed by atoms with E-state index in [1.807, 2.05) is 19.9 Å². The Morgan fingerprint density at radius 2 is 2.22 bits per heavy atom. The number of nitrogens with one attached hydrogen (secondary N) is 1. The number of rotatable bonds is 5. The number of primary amides is 1. The van der Waals surface area contributed by atoms with Crippen LogP contribution in [0.15, 0.2) is 36.2 Å². The van der Waals surface area contributed by atoms with E-state index in [9.17, 15) is 9.59 Å². The van der Waals surface area contributed by atoms with Crippen molar-refractivity contribution in [1.29, 1.82) is 0 Å². The molecule has 1 atom stereocenters. The molecular formula is C13H17N3O2. The molecule has 0 aliphatic carbocycles. The molecule has 0 aliphatic rings. The molecule has 0 aliphatic heterocycles. The van der Waals surface area contributed by atoms with Crippen LogP contribution in [0.1, 0.15) is 30.6 Å². The Morgan fingerprint density at radius 1 is 1.50 bits per heavy atom. The van der Waals surface area contributed by atoms with Crippen LogP contribution in [0.25, 0.3) is 0 Å². The molecule has 96 valence electrons. The number of allylic oxidation sites excluding steroid dienone is 1. The van der Waals surface area contributed by atoms with Crippen LogP contribution >= 0.6 is 0 Å². The molecule has 0 saturated carbocycles. The van der Waals surface area contributed by atoms with E-state index in [4.69, 9.17) is 5.73 Å². The van der Waals surface area contributed by atoms with E-state index in [1.54, 1.807) is 18.3 Å². The lowest BCUT2D eigenvalue weighted by molar-refractivity contribution is -0.119. The van der Waals surface area contributed by atoms with Crippen molar-refractivity contribution in [1.82, 2.24) is 10.3 Å². The van der Waals surface area contributed by atoms with Gasteiger partial charge in [-0.3, -0.25) is 14.6 Å². The second-order valence-corrected chi connectivity index (χ2v) is 4.19. The quantitative estimate of drug-likeness (QED) is 0.762. The van der Waals surface area contributed by atoms with Crippen molar-refractivity contribution in [3.63, 3.8) is 0 Å². The molecular weight excluding hydrogens is 230 g/mol. The molecule has 1 heterocycles. The first kappa shape index (κ1) is 13.9. The van der Waals surface area contributed by atoms with E-state index in [-0.39, 0.29) is 5.91 Å². The Hall–Kier alpha value is -2.17. The standard InChI is InChI=1S/C13H17N3O2/c1-9(2)5-6-11(12(14)17)16-13(18)10-4-3-7-15-8-10/h3-5,7-8,11H,6H2,1-2H3,(H2,14,17)(H,16,18)/t11-/m1/s1. The number of hydrogen-bond acceptors (Lipinski definition) is 3. The summed E-state index contributed by atoms with van der Waals surface area (Å²) in [5.74, 6) is -0.904. The second-order valence-electron chi connectivity index (χ2n) is 4.19. The Labute approximate surface area is 106 Å². The first-order valence-electron chi connectivity index (χ1n) is 5.64. The van der Waals surface area contributed by atoms with Crippen LogP contribution in [-0.2, 0) is 4.79 Å². The molecule has 18 heavy (non-hydrogen) atoms. The molecule has 0 spiro atoms. The maximum absolute atomic E-state index is 11.8. The number of nitrogens with zero attached hydrogens (tertiary/aromatic N) is 1. The van der Waals surface area contributed by atoms with Crippen LogP contribution in [0.2, 0.25) is 0 Å². The van der Waals surface area contributed by atoms with Gasteiger partial charge in [0.05, 0.1) is 5.56 Å². The maximum Gasteiger partial charge on any atom is 0.253 e. The molecule has 3 N–H and O–H groups in total. The SMILES string of the molecule is CC(C)=CC[C@@H](NC(=O)c1cccnc1)C(N)=O. The largest absolute Gasteiger partial charge is 0.368 e. The van der Waals surface area contributed by atoms with Crippen molar-refractivity contribution in [3.05, 3.63) is 41.7 Å². The molecule has 0 bridgehead atoms. The highest BCUT2D eigenvalue weighted by molar-refractivity contribution is 5.97. The van der Waals surface area contributed by atoms with Gasteiger partial charge in [-0.15, -0.1) is 0 Å². The van der Waals surface area contributed by atoms with Crippen molar-refractivity contribution >= 4 is 11.8 Å². The van der Waals surface area contributed by atoms with Gasteiger partial charge < -0.3 is 11.1 Å². The first-order chi connectivity index (χ1) is 8.50. The number of nitrogens with two attached hydrogens (primary N) is 1. The summed E-state index contributed by atoms with van der Waals surface area (Å²) in [5.41, 5.74) is 6.72. The number of hydrogen-bond donors (Lipinski definition) is 2. The van der Waals surface area contributed by atoms with Gasteiger partial charge in [0.2, 0.25) is 5.91 Å². The van der Waals surface area contributed by atoms with Gasteiger partial charge in [-0.2, -0.15) is 0 Å². The van der Waals surface area contributed by atoms with Crippen molar-refractivity contribution in [2.75, 3.05) is 0 Å². The van der Waals surface area contributed by atoms with Gasteiger partial charge in [0.15, 0.2) is 0 Å². The number of amides is 2. The highest BCUT2D eigenvalue weighted by atomic mass is 16.2. The topological polar surface area (TPSA) is 85.1 Å². The zero-order valence-electron chi connectivity index (χ0n) is 10.5. The molecule has 5 heteroatoms. The molecule has 1 rings (SSSR count). The summed E-state index contributed by atoms with van der Waals surface area (Å²) < 4.78 is 0. The lowest BCUT2D eigenvalue weighted by Crippen LogP contribution is -2.44. The fraction of sp³-hybridized carbons (Fsp3) is 0.308. The molecule has 0 radical (unpaired) electrons. The second kappa shape index (κ2) is 6.54. The zero-order chi connectivity index (χ0) is 13.5. The minimum Gasteiger partial charge on any atom is -0.368 e. The maximum atomic E-state index is 11.8. The molecule has 1 aromatic rings. The van der Waals surface area contributed by atoms with Gasteiger partial charge in [-0.25, -0.2) is 0 Å². The third kappa shape index (κ3) is 4.37. The van der Waals surface area contributed by atoms with Crippen molar-refractivity contribution in [3.8, 4) is 0 Å². The monoisotopic (exact) mass is 247 g/mol. The number of pyridine rings is 1. The van der Waals surface area contributed by atoms with Crippen LogP contribution < -0.4 is 11.1 Å². The Balaban J connectivity index is 2.70. The third-order valence-corrected chi connectivity index (χ3v) is 2.33. The summed E-state index contributed by atoms with van der Waals surface area (Å²) in [6.07, 6.45) is 5.27.